The number of methoxy groups -OCH3 is 1. The fourth-order valence-corrected chi connectivity index (χ4v) is 1.19. The Labute approximate surface area is 106 Å². The number of nitro groups is 1. The van der Waals surface area contributed by atoms with Gasteiger partial charge in [-0.25, -0.2) is 4.79 Å². The molecule has 1 aromatic carbocycles. The lowest BCUT2D eigenvalue weighted by atomic mass is 10.2. The molecule has 0 aliphatic heterocycles. The SMILES string of the molecule is COC(=O)c1cc([N+](=O)[O-])ccc1OC(=O)CCl. The summed E-state index contributed by atoms with van der Waals surface area (Å²) in [6.07, 6.45) is 0. The van der Waals surface area contributed by atoms with Crippen molar-refractivity contribution in [3.8, 4) is 5.75 Å². The second-order valence-electron chi connectivity index (χ2n) is 3.04. The standard InChI is InChI=1S/C10H8ClNO6/c1-17-10(14)7-4-6(12(15)16)2-3-8(7)18-9(13)5-11/h2-4H,5H2,1H3. The highest BCUT2D eigenvalue weighted by atomic mass is 35.5. The number of carbonyl (C=O) groups is 2. The van der Waals surface area contributed by atoms with Gasteiger partial charge >= 0.3 is 11.9 Å². The molecule has 1 aromatic rings. The van der Waals surface area contributed by atoms with E-state index in [4.69, 9.17) is 16.3 Å². The molecule has 18 heavy (non-hydrogen) atoms. The predicted octanol–water partition coefficient (Wildman–Crippen LogP) is 1.53. The van der Waals surface area contributed by atoms with Gasteiger partial charge in [0.2, 0.25) is 0 Å². The molecule has 8 heteroatoms. The largest absolute Gasteiger partial charge is 0.465 e. The van der Waals surface area contributed by atoms with Gasteiger partial charge in [-0.1, -0.05) is 0 Å². The van der Waals surface area contributed by atoms with Gasteiger partial charge in [0.1, 0.15) is 17.2 Å². The Kier molecular flexibility index (Phi) is 4.61. The van der Waals surface area contributed by atoms with Crippen molar-refractivity contribution in [2.75, 3.05) is 13.0 Å². The second kappa shape index (κ2) is 5.97. The van der Waals surface area contributed by atoms with Crippen molar-refractivity contribution in [1.29, 1.82) is 0 Å². The Hall–Kier alpha value is -2.15. The van der Waals surface area contributed by atoms with Crippen LogP contribution >= 0.6 is 11.6 Å². The highest BCUT2D eigenvalue weighted by Crippen LogP contribution is 2.25. The third kappa shape index (κ3) is 3.17. The van der Waals surface area contributed by atoms with E-state index < -0.39 is 22.7 Å². The molecule has 0 aromatic heterocycles. The molecule has 0 spiro atoms. The molecule has 0 fully saturated rings. The molecular weight excluding hydrogens is 266 g/mol. The van der Waals surface area contributed by atoms with Crippen molar-refractivity contribution < 1.29 is 24.0 Å². The van der Waals surface area contributed by atoms with E-state index in [1.165, 1.54) is 0 Å². The Morgan fingerprint density at radius 1 is 1.44 bits per heavy atom. The Balaban J connectivity index is 3.20. The number of nitro benzene ring substituents is 1. The van der Waals surface area contributed by atoms with Gasteiger partial charge in [-0.2, -0.15) is 0 Å². The van der Waals surface area contributed by atoms with Crippen LogP contribution in [-0.2, 0) is 9.53 Å². The van der Waals surface area contributed by atoms with Gasteiger partial charge in [-0.15, -0.1) is 11.6 Å². The molecule has 0 N–H and O–H groups in total. The minimum atomic E-state index is -0.851. The molecule has 96 valence electrons. The third-order valence-corrected chi connectivity index (χ3v) is 2.13. The van der Waals surface area contributed by atoms with Crippen LogP contribution in [0.3, 0.4) is 0 Å². The van der Waals surface area contributed by atoms with E-state index in [2.05, 4.69) is 4.74 Å². The molecule has 0 saturated heterocycles. The van der Waals surface area contributed by atoms with E-state index in [1.54, 1.807) is 0 Å². The van der Waals surface area contributed by atoms with Crippen molar-refractivity contribution in [2.45, 2.75) is 0 Å². The first-order valence-electron chi connectivity index (χ1n) is 4.63. The first kappa shape index (κ1) is 13.9. The first-order valence-corrected chi connectivity index (χ1v) is 5.16. The van der Waals surface area contributed by atoms with Crippen molar-refractivity contribution in [3.05, 3.63) is 33.9 Å². The highest BCUT2D eigenvalue weighted by Gasteiger charge is 2.19. The van der Waals surface area contributed by atoms with Gasteiger partial charge in [-0.05, 0) is 6.07 Å². The normalized spacial score (nSPS) is 9.67. The smallest absolute Gasteiger partial charge is 0.341 e. The number of ether oxygens (including phenoxy) is 2. The number of nitrogens with zero attached hydrogens (tertiary/aromatic N) is 1. The van der Waals surface area contributed by atoms with Crippen molar-refractivity contribution in [3.63, 3.8) is 0 Å². The average Bonchev–Trinajstić information content (AvgIpc) is 2.37. The van der Waals surface area contributed by atoms with Crippen LogP contribution in [0.2, 0.25) is 0 Å². The molecule has 0 aliphatic carbocycles. The van der Waals surface area contributed by atoms with Gasteiger partial charge in [0, 0.05) is 12.1 Å². The van der Waals surface area contributed by atoms with Gasteiger partial charge < -0.3 is 9.47 Å². The van der Waals surface area contributed by atoms with Crippen LogP contribution in [0.25, 0.3) is 0 Å². The summed E-state index contributed by atoms with van der Waals surface area (Å²) in [4.78, 5) is 32.3. The summed E-state index contributed by atoms with van der Waals surface area (Å²) in [6, 6.07) is 3.20. The van der Waals surface area contributed by atoms with Crippen LogP contribution in [0.1, 0.15) is 10.4 Å². The maximum Gasteiger partial charge on any atom is 0.341 e. The monoisotopic (exact) mass is 273 g/mol. The van der Waals surface area contributed by atoms with Gasteiger partial charge in [-0.3, -0.25) is 14.9 Å². The molecular formula is C10H8ClNO6. The second-order valence-corrected chi connectivity index (χ2v) is 3.30. The Morgan fingerprint density at radius 2 is 2.11 bits per heavy atom. The summed E-state index contributed by atoms with van der Waals surface area (Å²) in [5.74, 6) is -2.18. The van der Waals surface area contributed by atoms with E-state index in [9.17, 15) is 19.7 Å². The van der Waals surface area contributed by atoms with Crippen LogP contribution in [0.4, 0.5) is 5.69 Å². The van der Waals surface area contributed by atoms with E-state index >= 15 is 0 Å². The lowest BCUT2D eigenvalue weighted by molar-refractivity contribution is -0.384. The van der Waals surface area contributed by atoms with E-state index in [1.807, 2.05) is 0 Å². The van der Waals surface area contributed by atoms with Crippen LogP contribution < -0.4 is 4.74 Å². The molecule has 0 aliphatic rings. The summed E-state index contributed by atoms with van der Waals surface area (Å²) in [5.41, 5.74) is -0.536. The maximum atomic E-state index is 11.4. The first-order chi connectivity index (χ1) is 8.49. The minimum absolute atomic E-state index is 0.141. The molecule has 0 bridgehead atoms. The van der Waals surface area contributed by atoms with Gasteiger partial charge in [0.05, 0.1) is 12.0 Å². The summed E-state index contributed by atoms with van der Waals surface area (Å²) in [6.45, 7) is 0. The van der Waals surface area contributed by atoms with Gasteiger partial charge in [0.25, 0.3) is 5.69 Å². The molecule has 0 radical (unpaired) electrons. The molecule has 7 nitrogen and oxygen atoms in total. The van der Waals surface area contributed by atoms with E-state index in [0.717, 1.165) is 25.3 Å². The van der Waals surface area contributed by atoms with E-state index in [0.29, 0.717) is 0 Å². The number of rotatable bonds is 4. The molecule has 0 atom stereocenters. The number of hydrogen-bond acceptors (Lipinski definition) is 6. The van der Waals surface area contributed by atoms with Crippen LogP contribution in [0.15, 0.2) is 18.2 Å². The third-order valence-electron chi connectivity index (χ3n) is 1.91. The average molecular weight is 274 g/mol. The lowest BCUT2D eigenvalue weighted by Gasteiger charge is -2.07. The zero-order valence-electron chi connectivity index (χ0n) is 9.21. The van der Waals surface area contributed by atoms with E-state index in [-0.39, 0.29) is 17.0 Å². The number of hydrogen-bond donors (Lipinski definition) is 0. The summed E-state index contributed by atoms with van der Waals surface area (Å²) in [5, 5.41) is 10.6. The highest BCUT2D eigenvalue weighted by molar-refractivity contribution is 6.26. The quantitative estimate of drug-likeness (QED) is 0.271. The zero-order chi connectivity index (χ0) is 13.7. The molecule has 0 saturated carbocycles. The topological polar surface area (TPSA) is 95.7 Å². The fraction of sp³-hybridized carbons (Fsp3) is 0.200. The number of benzene rings is 1. The number of alkyl halides is 1. The van der Waals surface area contributed by atoms with Gasteiger partial charge in [0.15, 0.2) is 0 Å². The summed E-state index contributed by atoms with van der Waals surface area (Å²) >= 11 is 5.25. The minimum Gasteiger partial charge on any atom is -0.465 e. The van der Waals surface area contributed by atoms with Crippen molar-refractivity contribution in [2.24, 2.45) is 0 Å². The zero-order valence-corrected chi connectivity index (χ0v) is 9.97. The number of esters is 2. The Morgan fingerprint density at radius 3 is 2.61 bits per heavy atom. The fourth-order valence-electron chi connectivity index (χ4n) is 1.14. The lowest BCUT2D eigenvalue weighted by Crippen LogP contribution is -2.13. The van der Waals surface area contributed by atoms with Crippen LogP contribution in [0, 0.1) is 10.1 Å². The molecule has 0 amide bonds. The molecule has 1 rings (SSSR count). The summed E-state index contributed by atoms with van der Waals surface area (Å²) < 4.78 is 9.20. The maximum absolute atomic E-state index is 11.4. The van der Waals surface area contributed by atoms with Crippen molar-refractivity contribution in [1.82, 2.24) is 0 Å². The Bertz CT molecular complexity index is 501. The number of halogens is 1. The molecule has 0 unspecified atom stereocenters. The number of carbonyl (C=O) groups excluding carboxylic acids is 2. The molecule has 0 heterocycles. The van der Waals surface area contributed by atoms with Crippen LogP contribution in [-0.4, -0.2) is 29.9 Å². The number of non-ortho nitro benzene ring substituents is 1. The van der Waals surface area contributed by atoms with Crippen LogP contribution in [0.5, 0.6) is 5.75 Å². The van der Waals surface area contributed by atoms with Crippen molar-refractivity contribution >= 4 is 29.2 Å². The summed E-state index contributed by atoms with van der Waals surface area (Å²) in [7, 11) is 1.11. The predicted molar refractivity (Wildman–Crippen MR) is 60.8 cm³/mol.